The summed E-state index contributed by atoms with van der Waals surface area (Å²) in [5.41, 5.74) is 0.817. The molecule has 3 atom stereocenters. The highest BCUT2D eigenvalue weighted by atomic mass is 32.2. The van der Waals surface area contributed by atoms with Gasteiger partial charge in [0.15, 0.2) is 5.79 Å². The minimum absolute atomic E-state index is 0.0776. The molecular formula is C20H26O5S. The van der Waals surface area contributed by atoms with E-state index in [1.54, 1.807) is 24.3 Å². The molecule has 142 valence electrons. The molecule has 2 bridgehead atoms. The maximum absolute atomic E-state index is 12.6. The number of allylic oxidation sites excluding steroid dienone is 2. The molecule has 1 saturated heterocycles. The summed E-state index contributed by atoms with van der Waals surface area (Å²) in [4.78, 5) is 0.202. The monoisotopic (exact) mass is 378 g/mol. The Morgan fingerprint density at radius 1 is 1.12 bits per heavy atom. The fourth-order valence-electron chi connectivity index (χ4n) is 4.51. The van der Waals surface area contributed by atoms with Gasteiger partial charge in [0.25, 0.3) is 10.1 Å². The van der Waals surface area contributed by atoms with Gasteiger partial charge in [0, 0.05) is 11.3 Å². The van der Waals surface area contributed by atoms with Gasteiger partial charge in [0.1, 0.15) is 0 Å². The zero-order valence-electron chi connectivity index (χ0n) is 15.5. The van der Waals surface area contributed by atoms with Crippen molar-refractivity contribution in [3.63, 3.8) is 0 Å². The maximum atomic E-state index is 12.6. The van der Waals surface area contributed by atoms with Crippen molar-refractivity contribution >= 4 is 10.1 Å². The van der Waals surface area contributed by atoms with Crippen molar-refractivity contribution in [2.45, 2.75) is 37.9 Å². The first-order valence-electron chi connectivity index (χ1n) is 9.14. The fraction of sp³-hybridized carbons (Fsp3) is 0.600. The summed E-state index contributed by atoms with van der Waals surface area (Å²) >= 11 is 0. The van der Waals surface area contributed by atoms with Crippen LogP contribution in [0.4, 0.5) is 0 Å². The van der Waals surface area contributed by atoms with E-state index in [4.69, 9.17) is 13.7 Å². The van der Waals surface area contributed by atoms with E-state index in [-0.39, 0.29) is 22.8 Å². The molecule has 2 fully saturated rings. The van der Waals surface area contributed by atoms with Crippen LogP contribution in [0.25, 0.3) is 0 Å². The zero-order valence-corrected chi connectivity index (χ0v) is 16.3. The van der Waals surface area contributed by atoms with E-state index < -0.39 is 15.9 Å². The fourth-order valence-corrected chi connectivity index (χ4v) is 5.44. The van der Waals surface area contributed by atoms with Crippen molar-refractivity contribution in [1.29, 1.82) is 0 Å². The average Bonchev–Trinajstić information content (AvgIpc) is 3.17. The van der Waals surface area contributed by atoms with Gasteiger partial charge in [-0.3, -0.25) is 4.18 Å². The van der Waals surface area contributed by atoms with E-state index in [2.05, 4.69) is 12.2 Å². The summed E-state index contributed by atoms with van der Waals surface area (Å²) in [6.45, 7) is 7.06. The first-order valence-corrected chi connectivity index (χ1v) is 10.6. The van der Waals surface area contributed by atoms with Gasteiger partial charge in [-0.1, -0.05) is 29.8 Å². The second-order valence-electron chi connectivity index (χ2n) is 8.26. The molecule has 1 aromatic rings. The quantitative estimate of drug-likeness (QED) is 0.594. The molecule has 0 aromatic heterocycles. The van der Waals surface area contributed by atoms with E-state index in [1.165, 1.54) is 0 Å². The van der Waals surface area contributed by atoms with Crippen LogP contribution in [0.3, 0.4) is 0 Å². The molecule has 0 N–H and O–H groups in total. The van der Waals surface area contributed by atoms with E-state index in [0.717, 1.165) is 12.0 Å². The van der Waals surface area contributed by atoms with Crippen LogP contribution >= 0.6 is 0 Å². The topological polar surface area (TPSA) is 61.8 Å². The van der Waals surface area contributed by atoms with Crippen molar-refractivity contribution in [3.8, 4) is 0 Å². The predicted molar refractivity (Wildman–Crippen MR) is 97.0 cm³/mol. The molecule has 3 aliphatic rings. The van der Waals surface area contributed by atoms with E-state index in [1.807, 2.05) is 20.8 Å². The summed E-state index contributed by atoms with van der Waals surface area (Å²) in [6.07, 6.45) is 5.45. The summed E-state index contributed by atoms with van der Waals surface area (Å²) in [5, 5.41) is 0. The van der Waals surface area contributed by atoms with Gasteiger partial charge < -0.3 is 9.47 Å². The van der Waals surface area contributed by atoms with Gasteiger partial charge >= 0.3 is 0 Å². The second kappa shape index (κ2) is 6.16. The van der Waals surface area contributed by atoms with Crippen LogP contribution in [0.5, 0.6) is 0 Å². The lowest BCUT2D eigenvalue weighted by atomic mass is 9.69. The van der Waals surface area contributed by atoms with Gasteiger partial charge in [-0.2, -0.15) is 8.42 Å². The Morgan fingerprint density at radius 2 is 1.77 bits per heavy atom. The molecular weight excluding hydrogens is 352 g/mol. The van der Waals surface area contributed by atoms with Crippen molar-refractivity contribution in [2.24, 2.45) is 23.2 Å². The molecule has 1 heterocycles. The molecule has 5 nitrogen and oxygen atoms in total. The van der Waals surface area contributed by atoms with Crippen molar-refractivity contribution in [1.82, 2.24) is 0 Å². The first kappa shape index (κ1) is 18.2. The van der Waals surface area contributed by atoms with Gasteiger partial charge in [0.2, 0.25) is 0 Å². The van der Waals surface area contributed by atoms with Crippen LogP contribution in [-0.2, 0) is 23.8 Å². The summed E-state index contributed by atoms with van der Waals surface area (Å²) in [6, 6.07) is 6.75. The number of hydrogen-bond donors (Lipinski definition) is 0. The third kappa shape index (κ3) is 3.03. The Kier molecular flexibility index (Phi) is 4.30. The van der Waals surface area contributed by atoms with Gasteiger partial charge in [0.05, 0.1) is 24.7 Å². The predicted octanol–water partition coefficient (Wildman–Crippen LogP) is 3.29. The molecule has 0 radical (unpaired) electrons. The zero-order chi connectivity index (χ0) is 18.6. The summed E-state index contributed by atoms with van der Waals surface area (Å²) < 4.78 is 42.6. The number of aryl methyl sites for hydroxylation is 1. The van der Waals surface area contributed by atoms with Crippen LogP contribution in [0.1, 0.15) is 25.8 Å². The number of hydrogen-bond acceptors (Lipinski definition) is 5. The molecule has 1 spiro atoms. The molecule has 6 heteroatoms. The van der Waals surface area contributed by atoms with Crippen LogP contribution in [0.15, 0.2) is 41.3 Å². The van der Waals surface area contributed by atoms with Gasteiger partial charge in [-0.15, -0.1) is 0 Å². The largest absolute Gasteiger partial charge is 0.350 e. The Bertz CT molecular complexity index is 799. The summed E-state index contributed by atoms with van der Waals surface area (Å²) in [7, 11) is -3.77. The van der Waals surface area contributed by atoms with Crippen LogP contribution in [-0.4, -0.2) is 34.0 Å². The maximum Gasteiger partial charge on any atom is 0.296 e. The molecule has 26 heavy (non-hydrogen) atoms. The third-order valence-electron chi connectivity index (χ3n) is 6.20. The van der Waals surface area contributed by atoms with E-state index in [9.17, 15) is 8.42 Å². The lowest BCUT2D eigenvalue weighted by Gasteiger charge is -2.48. The van der Waals surface area contributed by atoms with Crippen LogP contribution < -0.4 is 0 Å². The molecule has 0 amide bonds. The van der Waals surface area contributed by atoms with Crippen molar-refractivity contribution in [3.05, 3.63) is 42.0 Å². The van der Waals surface area contributed by atoms with Crippen molar-refractivity contribution < 1.29 is 22.1 Å². The highest BCUT2D eigenvalue weighted by molar-refractivity contribution is 7.86. The summed E-state index contributed by atoms with van der Waals surface area (Å²) in [5.74, 6) is 0.172. The molecule has 1 unspecified atom stereocenters. The number of ether oxygens (including phenoxy) is 2. The minimum Gasteiger partial charge on any atom is -0.350 e. The third-order valence-corrected chi connectivity index (χ3v) is 7.50. The Labute approximate surface area is 155 Å². The van der Waals surface area contributed by atoms with E-state index in [0.29, 0.717) is 25.0 Å². The SMILES string of the molecule is Cc1ccc(S(=O)(=O)OC[C@H]2[C@H]3C=CC(C3)C23COC(C)(C)OC3)cc1. The lowest BCUT2D eigenvalue weighted by molar-refractivity contribution is -0.298. The van der Waals surface area contributed by atoms with Crippen LogP contribution in [0, 0.1) is 30.1 Å². The number of fused-ring (bicyclic) bond motifs is 3. The smallest absolute Gasteiger partial charge is 0.296 e. The van der Waals surface area contributed by atoms with Gasteiger partial charge in [-0.25, -0.2) is 0 Å². The Hall–Kier alpha value is -1.21. The number of rotatable bonds is 4. The van der Waals surface area contributed by atoms with Gasteiger partial charge in [-0.05, 0) is 51.2 Å². The lowest BCUT2D eigenvalue weighted by Crippen LogP contribution is -2.53. The normalized spacial score (nSPS) is 31.6. The Morgan fingerprint density at radius 3 is 2.42 bits per heavy atom. The second-order valence-corrected chi connectivity index (χ2v) is 9.87. The molecule has 1 aliphatic heterocycles. The molecule has 2 aliphatic carbocycles. The molecule has 1 aromatic carbocycles. The average molecular weight is 378 g/mol. The standard InChI is InChI=1S/C20H26O5S/c1-14-4-8-17(9-5-14)26(21,22)25-11-18-15-6-7-16(10-15)20(18)12-23-19(2,3)24-13-20/h4-9,15-16,18H,10-13H2,1-3H3/t15-,16?,18-/m0/s1. The molecule has 1 saturated carbocycles. The number of benzene rings is 1. The van der Waals surface area contributed by atoms with E-state index >= 15 is 0 Å². The highest BCUT2D eigenvalue weighted by Crippen LogP contribution is 2.58. The molecule has 4 rings (SSSR count). The Balaban J connectivity index is 1.52. The minimum atomic E-state index is -3.77. The highest BCUT2D eigenvalue weighted by Gasteiger charge is 2.59. The first-order chi connectivity index (χ1) is 12.2. The van der Waals surface area contributed by atoms with Crippen LogP contribution in [0.2, 0.25) is 0 Å². The van der Waals surface area contributed by atoms with Crippen molar-refractivity contribution in [2.75, 3.05) is 19.8 Å².